The van der Waals surface area contributed by atoms with Crippen LogP contribution in [0.25, 0.3) is 22.0 Å². The predicted molar refractivity (Wildman–Crippen MR) is 175 cm³/mol. The highest BCUT2D eigenvalue weighted by atomic mass is 16.6. The third kappa shape index (κ3) is 6.56. The Morgan fingerprint density at radius 2 is 1.58 bits per heavy atom. The van der Waals surface area contributed by atoms with Crippen LogP contribution in [0.3, 0.4) is 0 Å². The van der Waals surface area contributed by atoms with Gasteiger partial charge in [-0.1, -0.05) is 72.3 Å². The SMILES string of the molecule is Cc1cccc(C(C)NC(=O)c2ccc3c(c2)c(C)c(C)n3Cc2ccc(-c3ccccc3C(=O)OC(C)(C)C)cc2)c1. The van der Waals surface area contributed by atoms with E-state index in [0.717, 1.165) is 33.2 Å². The van der Waals surface area contributed by atoms with Crippen LogP contribution < -0.4 is 5.32 Å². The van der Waals surface area contributed by atoms with E-state index in [1.54, 1.807) is 0 Å². The normalized spacial score (nSPS) is 12.3. The minimum atomic E-state index is -0.562. The molecule has 0 saturated carbocycles. The van der Waals surface area contributed by atoms with E-state index in [-0.39, 0.29) is 17.9 Å². The standard InChI is InChI=1S/C38H40N2O3/c1-24-11-10-12-30(21-24)26(3)39-36(41)31-19-20-35-34(22-31)25(2)27(4)40(35)23-28-15-17-29(18-16-28)32-13-8-9-14-33(32)37(42)43-38(5,6)7/h8-22,26H,23H2,1-7H3,(H,39,41). The molecular weight excluding hydrogens is 532 g/mol. The lowest BCUT2D eigenvalue weighted by molar-refractivity contribution is 0.00703. The van der Waals surface area contributed by atoms with E-state index < -0.39 is 5.60 Å². The zero-order valence-electron chi connectivity index (χ0n) is 26.1. The molecule has 1 atom stereocenters. The summed E-state index contributed by atoms with van der Waals surface area (Å²) in [5, 5.41) is 4.23. The summed E-state index contributed by atoms with van der Waals surface area (Å²) < 4.78 is 7.94. The smallest absolute Gasteiger partial charge is 0.339 e. The van der Waals surface area contributed by atoms with Gasteiger partial charge in [0.15, 0.2) is 0 Å². The number of rotatable bonds is 7. The fourth-order valence-corrected chi connectivity index (χ4v) is 5.52. The van der Waals surface area contributed by atoms with E-state index in [1.165, 1.54) is 16.8 Å². The van der Waals surface area contributed by atoms with Gasteiger partial charge in [-0.15, -0.1) is 0 Å². The van der Waals surface area contributed by atoms with Crippen molar-refractivity contribution in [2.45, 2.75) is 66.7 Å². The Morgan fingerprint density at radius 3 is 2.28 bits per heavy atom. The highest BCUT2D eigenvalue weighted by Crippen LogP contribution is 2.30. The first kappa shape index (κ1) is 29.8. The van der Waals surface area contributed by atoms with E-state index in [2.05, 4.69) is 67.1 Å². The van der Waals surface area contributed by atoms with Crippen molar-refractivity contribution < 1.29 is 14.3 Å². The summed E-state index contributed by atoms with van der Waals surface area (Å²) >= 11 is 0. The monoisotopic (exact) mass is 572 g/mol. The minimum absolute atomic E-state index is 0.0806. The molecule has 1 heterocycles. The highest BCUT2D eigenvalue weighted by Gasteiger charge is 2.21. The Kier molecular flexibility index (Phi) is 8.27. The first-order valence-electron chi connectivity index (χ1n) is 14.8. The number of nitrogens with zero attached hydrogens (tertiary/aromatic N) is 1. The molecule has 4 aromatic carbocycles. The van der Waals surface area contributed by atoms with E-state index in [1.807, 2.05) is 82.3 Å². The van der Waals surface area contributed by atoms with Crippen molar-refractivity contribution in [3.05, 3.63) is 130 Å². The van der Waals surface area contributed by atoms with Gasteiger partial charge in [-0.3, -0.25) is 4.79 Å². The maximum atomic E-state index is 13.2. The summed E-state index contributed by atoms with van der Waals surface area (Å²) in [6.45, 7) is 14.6. The average molecular weight is 573 g/mol. The Balaban J connectivity index is 1.37. The summed E-state index contributed by atoms with van der Waals surface area (Å²) in [4.78, 5) is 26.1. The third-order valence-corrected chi connectivity index (χ3v) is 7.94. The molecule has 5 aromatic rings. The molecule has 0 aliphatic heterocycles. The van der Waals surface area contributed by atoms with Gasteiger partial charge < -0.3 is 14.6 Å². The van der Waals surface area contributed by atoms with Crippen LogP contribution in [0, 0.1) is 20.8 Å². The van der Waals surface area contributed by atoms with Gasteiger partial charge in [0, 0.05) is 28.7 Å². The molecule has 43 heavy (non-hydrogen) atoms. The first-order valence-corrected chi connectivity index (χ1v) is 14.8. The molecular formula is C38H40N2O3. The zero-order valence-corrected chi connectivity index (χ0v) is 26.1. The molecule has 1 unspecified atom stereocenters. The number of carbonyl (C=O) groups is 2. The van der Waals surface area contributed by atoms with Gasteiger partial charge in [0.25, 0.3) is 5.91 Å². The van der Waals surface area contributed by atoms with E-state index in [9.17, 15) is 9.59 Å². The number of esters is 1. The van der Waals surface area contributed by atoms with Gasteiger partial charge in [0.05, 0.1) is 11.6 Å². The molecule has 0 fully saturated rings. The number of aromatic nitrogens is 1. The van der Waals surface area contributed by atoms with E-state index in [4.69, 9.17) is 4.74 Å². The van der Waals surface area contributed by atoms with Crippen LogP contribution in [0.1, 0.15) is 82.4 Å². The Labute approximate surface area is 254 Å². The van der Waals surface area contributed by atoms with Crippen LogP contribution in [-0.2, 0) is 11.3 Å². The Bertz CT molecular complexity index is 1810. The molecule has 1 amide bonds. The fourth-order valence-electron chi connectivity index (χ4n) is 5.52. The Morgan fingerprint density at radius 1 is 0.860 bits per heavy atom. The summed E-state index contributed by atoms with van der Waals surface area (Å²) in [7, 11) is 0. The number of aryl methyl sites for hydroxylation is 2. The molecule has 0 aliphatic rings. The van der Waals surface area contributed by atoms with Crippen molar-refractivity contribution in [1.82, 2.24) is 9.88 Å². The van der Waals surface area contributed by atoms with Crippen LogP contribution in [-0.4, -0.2) is 22.0 Å². The highest BCUT2D eigenvalue weighted by molar-refractivity contribution is 5.99. The van der Waals surface area contributed by atoms with Gasteiger partial charge in [0.2, 0.25) is 0 Å². The van der Waals surface area contributed by atoms with Crippen LogP contribution in [0.5, 0.6) is 0 Å². The second-order valence-corrected chi connectivity index (χ2v) is 12.4. The molecule has 0 saturated heterocycles. The number of nitrogens with one attached hydrogen (secondary N) is 1. The van der Waals surface area contributed by atoms with Crippen molar-refractivity contribution in [3.63, 3.8) is 0 Å². The quantitative estimate of drug-likeness (QED) is 0.198. The number of carbonyl (C=O) groups excluding carboxylic acids is 2. The molecule has 0 bridgehead atoms. The maximum absolute atomic E-state index is 13.2. The number of ether oxygens (including phenoxy) is 1. The van der Waals surface area contributed by atoms with Gasteiger partial charge in [0.1, 0.15) is 5.60 Å². The van der Waals surface area contributed by atoms with Crippen LogP contribution >= 0.6 is 0 Å². The van der Waals surface area contributed by atoms with E-state index in [0.29, 0.717) is 17.7 Å². The van der Waals surface area contributed by atoms with Crippen molar-refractivity contribution >= 4 is 22.8 Å². The molecule has 5 rings (SSSR count). The number of fused-ring (bicyclic) bond motifs is 1. The molecule has 1 N–H and O–H groups in total. The number of amides is 1. The van der Waals surface area contributed by atoms with Crippen molar-refractivity contribution in [2.24, 2.45) is 0 Å². The lowest BCUT2D eigenvalue weighted by Gasteiger charge is -2.20. The topological polar surface area (TPSA) is 60.3 Å². The molecule has 220 valence electrons. The molecule has 0 aliphatic carbocycles. The molecule has 1 aromatic heterocycles. The largest absolute Gasteiger partial charge is 0.456 e. The molecule has 0 radical (unpaired) electrons. The van der Waals surface area contributed by atoms with Crippen molar-refractivity contribution in [1.29, 1.82) is 0 Å². The van der Waals surface area contributed by atoms with Crippen molar-refractivity contribution in [3.8, 4) is 11.1 Å². The maximum Gasteiger partial charge on any atom is 0.339 e. The molecule has 5 heteroatoms. The number of hydrogen-bond acceptors (Lipinski definition) is 3. The lowest BCUT2D eigenvalue weighted by Crippen LogP contribution is -2.26. The van der Waals surface area contributed by atoms with Crippen LogP contribution in [0.2, 0.25) is 0 Å². The second-order valence-electron chi connectivity index (χ2n) is 12.4. The Hall–Kier alpha value is -4.64. The van der Waals surface area contributed by atoms with Gasteiger partial charge in [-0.2, -0.15) is 0 Å². The summed E-state index contributed by atoms with van der Waals surface area (Å²) in [5.74, 6) is -0.405. The minimum Gasteiger partial charge on any atom is -0.456 e. The predicted octanol–water partition coefficient (Wildman–Crippen LogP) is 8.73. The fraction of sp³-hybridized carbons (Fsp3) is 0.263. The summed E-state index contributed by atoms with van der Waals surface area (Å²) in [6.07, 6.45) is 0. The zero-order chi connectivity index (χ0) is 30.9. The van der Waals surface area contributed by atoms with Crippen LogP contribution in [0.15, 0.2) is 91.0 Å². The van der Waals surface area contributed by atoms with Gasteiger partial charge in [-0.25, -0.2) is 4.79 Å². The number of hydrogen-bond donors (Lipinski definition) is 1. The number of benzene rings is 4. The molecule has 0 spiro atoms. The lowest BCUT2D eigenvalue weighted by atomic mass is 9.98. The molecule has 5 nitrogen and oxygen atoms in total. The third-order valence-electron chi connectivity index (χ3n) is 7.94. The second kappa shape index (κ2) is 11.9. The first-order chi connectivity index (χ1) is 20.4. The summed E-state index contributed by atoms with van der Waals surface area (Å²) in [5.41, 5.74) is 9.30. The van der Waals surface area contributed by atoms with Crippen molar-refractivity contribution in [2.75, 3.05) is 0 Å². The van der Waals surface area contributed by atoms with Gasteiger partial charge >= 0.3 is 5.97 Å². The summed E-state index contributed by atoms with van der Waals surface area (Å²) in [6, 6.07) is 30.0. The van der Waals surface area contributed by atoms with E-state index >= 15 is 0 Å². The van der Waals surface area contributed by atoms with Gasteiger partial charge in [-0.05, 0) is 101 Å². The average Bonchev–Trinajstić information content (AvgIpc) is 3.21. The van der Waals surface area contributed by atoms with Crippen LogP contribution in [0.4, 0.5) is 0 Å².